The second kappa shape index (κ2) is 6.31. The highest BCUT2D eigenvalue weighted by Gasteiger charge is 2.16. The van der Waals surface area contributed by atoms with Crippen LogP contribution in [0.2, 0.25) is 0 Å². The van der Waals surface area contributed by atoms with E-state index in [-0.39, 0.29) is 11.8 Å². The summed E-state index contributed by atoms with van der Waals surface area (Å²) in [4.78, 5) is 14.5. The van der Waals surface area contributed by atoms with Gasteiger partial charge in [-0.2, -0.15) is 5.10 Å². The lowest BCUT2D eigenvalue weighted by Crippen LogP contribution is -2.18. The molecule has 1 atom stereocenters. The Morgan fingerprint density at radius 1 is 1.52 bits per heavy atom. The zero-order chi connectivity index (χ0) is 15.4. The summed E-state index contributed by atoms with van der Waals surface area (Å²) in [6.07, 6.45) is 2.04. The van der Waals surface area contributed by atoms with Crippen LogP contribution >= 0.6 is 0 Å². The van der Waals surface area contributed by atoms with E-state index in [1.807, 2.05) is 6.92 Å². The summed E-state index contributed by atoms with van der Waals surface area (Å²) >= 11 is 0. The first-order chi connectivity index (χ1) is 10.0. The Hall–Kier alpha value is -2.48. The molecule has 21 heavy (non-hydrogen) atoms. The zero-order valence-corrected chi connectivity index (χ0v) is 11.9. The fraction of sp³-hybridized carbons (Fsp3) is 0.385. The highest BCUT2D eigenvalue weighted by molar-refractivity contribution is 5.52. The largest absolute Gasteiger partial charge is 0.488 e. The standard InChI is InChI=1S/C13H17N5O3/c1-9(5-6-14)21-13-7-11(18(19)20)3-4-12(13)17-8-15-10(2)16-17/h3-4,7-9H,5-6,14H2,1-2H3. The van der Waals surface area contributed by atoms with Crippen LogP contribution in [0, 0.1) is 17.0 Å². The Balaban J connectivity index is 2.41. The molecule has 0 aliphatic rings. The molecular weight excluding hydrogens is 274 g/mol. The summed E-state index contributed by atoms with van der Waals surface area (Å²) in [6.45, 7) is 4.11. The maximum atomic E-state index is 10.9. The minimum Gasteiger partial charge on any atom is -0.488 e. The van der Waals surface area contributed by atoms with E-state index in [4.69, 9.17) is 10.5 Å². The van der Waals surface area contributed by atoms with Crippen molar-refractivity contribution < 1.29 is 9.66 Å². The summed E-state index contributed by atoms with van der Waals surface area (Å²) in [5.41, 5.74) is 6.06. The van der Waals surface area contributed by atoms with Crippen molar-refractivity contribution in [2.24, 2.45) is 5.73 Å². The number of nitro benzene ring substituents is 1. The Morgan fingerprint density at radius 2 is 2.29 bits per heavy atom. The van der Waals surface area contributed by atoms with Crippen molar-refractivity contribution in [3.63, 3.8) is 0 Å². The van der Waals surface area contributed by atoms with E-state index >= 15 is 0 Å². The number of nitrogens with zero attached hydrogens (tertiary/aromatic N) is 4. The van der Waals surface area contributed by atoms with Gasteiger partial charge in [0.2, 0.25) is 0 Å². The second-order valence-corrected chi connectivity index (χ2v) is 4.65. The molecule has 0 aliphatic carbocycles. The molecule has 112 valence electrons. The molecule has 0 spiro atoms. The van der Waals surface area contributed by atoms with E-state index in [1.54, 1.807) is 13.0 Å². The molecule has 8 heteroatoms. The molecule has 0 radical (unpaired) electrons. The second-order valence-electron chi connectivity index (χ2n) is 4.65. The third-order valence-electron chi connectivity index (χ3n) is 2.91. The number of aryl methyl sites for hydroxylation is 1. The van der Waals surface area contributed by atoms with Crippen molar-refractivity contribution >= 4 is 5.69 Å². The average molecular weight is 291 g/mol. The number of nitro groups is 1. The van der Waals surface area contributed by atoms with Crippen molar-refractivity contribution in [2.45, 2.75) is 26.4 Å². The van der Waals surface area contributed by atoms with Crippen LogP contribution in [0.1, 0.15) is 19.2 Å². The van der Waals surface area contributed by atoms with Gasteiger partial charge in [0.1, 0.15) is 17.8 Å². The molecule has 0 aliphatic heterocycles. The Kier molecular flexibility index (Phi) is 4.49. The molecule has 8 nitrogen and oxygen atoms in total. The molecule has 1 aromatic heterocycles. The van der Waals surface area contributed by atoms with Crippen LogP contribution in [0.3, 0.4) is 0 Å². The van der Waals surface area contributed by atoms with Gasteiger partial charge in [0.05, 0.1) is 17.1 Å². The van der Waals surface area contributed by atoms with E-state index in [0.29, 0.717) is 30.2 Å². The predicted octanol–water partition coefficient (Wildman–Crippen LogP) is 1.60. The molecule has 0 bridgehead atoms. The molecule has 1 unspecified atom stereocenters. The van der Waals surface area contributed by atoms with Crippen molar-refractivity contribution in [2.75, 3.05) is 6.54 Å². The van der Waals surface area contributed by atoms with Crippen LogP contribution < -0.4 is 10.5 Å². The van der Waals surface area contributed by atoms with Gasteiger partial charge in [-0.3, -0.25) is 10.1 Å². The van der Waals surface area contributed by atoms with Gasteiger partial charge in [0.15, 0.2) is 5.75 Å². The highest BCUT2D eigenvalue weighted by atomic mass is 16.6. The summed E-state index contributed by atoms with van der Waals surface area (Å²) in [5, 5.41) is 15.1. The Bertz CT molecular complexity index is 640. The molecule has 2 N–H and O–H groups in total. The molecule has 0 saturated carbocycles. The minimum atomic E-state index is -0.461. The molecule has 0 fully saturated rings. The van der Waals surface area contributed by atoms with Crippen LogP contribution in [0.5, 0.6) is 5.75 Å². The van der Waals surface area contributed by atoms with Gasteiger partial charge >= 0.3 is 0 Å². The summed E-state index contributed by atoms with van der Waals surface area (Å²) in [6, 6.07) is 4.39. The minimum absolute atomic E-state index is 0.0365. The summed E-state index contributed by atoms with van der Waals surface area (Å²) in [5.74, 6) is 0.990. The zero-order valence-electron chi connectivity index (χ0n) is 11.9. The molecule has 1 aromatic carbocycles. The van der Waals surface area contributed by atoms with Crippen molar-refractivity contribution in [3.8, 4) is 11.4 Å². The van der Waals surface area contributed by atoms with E-state index in [0.717, 1.165) is 0 Å². The van der Waals surface area contributed by atoms with Gasteiger partial charge in [-0.1, -0.05) is 0 Å². The molecule has 0 amide bonds. The monoisotopic (exact) mass is 291 g/mol. The first-order valence-electron chi connectivity index (χ1n) is 6.55. The van der Waals surface area contributed by atoms with E-state index in [1.165, 1.54) is 23.1 Å². The Labute approximate surface area is 121 Å². The number of non-ortho nitro benzene ring substituents is 1. The van der Waals surface area contributed by atoms with E-state index in [9.17, 15) is 10.1 Å². The number of nitrogens with two attached hydrogens (primary N) is 1. The SMILES string of the molecule is Cc1ncn(-c2ccc([N+](=O)[O-])cc2OC(C)CCN)n1. The maximum Gasteiger partial charge on any atom is 0.273 e. The number of hydrogen-bond donors (Lipinski definition) is 1. The lowest BCUT2D eigenvalue weighted by Gasteiger charge is -2.16. The molecule has 0 saturated heterocycles. The number of benzene rings is 1. The number of rotatable bonds is 6. The predicted molar refractivity (Wildman–Crippen MR) is 76.5 cm³/mol. The van der Waals surface area contributed by atoms with E-state index in [2.05, 4.69) is 10.1 Å². The third kappa shape index (κ3) is 3.54. The van der Waals surface area contributed by atoms with Crippen LogP contribution in [0.4, 0.5) is 5.69 Å². The van der Waals surface area contributed by atoms with Gasteiger partial charge in [-0.25, -0.2) is 9.67 Å². The van der Waals surface area contributed by atoms with Crippen LogP contribution in [0.25, 0.3) is 5.69 Å². The lowest BCUT2D eigenvalue weighted by atomic mass is 10.2. The quantitative estimate of drug-likeness (QED) is 0.639. The van der Waals surface area contributed by atoms with Crippen LogP contribution in [-0.4, -0.2) is 32.3 Å². The number of hydrogen-bond acceptors (Lipinski definition) is 6. The molecular formula is C13H17N5O3. The van der Waals surface area contributed by atoms with Crippen molar-refractivity contribution in [3.05, 3.63) is 40.5 Å². The lowest BCUT2D eigenvalue weighted by molar-refractivity contribution is -0.384. The first-order valence-corrected chi connectivity index (χ1v) is 6.55. The smallest absolute Gasteiger partial charge is 0.273 e. The first kappa shape index (κ1) is 14.9. The van der Waals surface area contributed by atoms with Gasteiger partial charge in [-0.05, 0) is 32.9 Å². The normalized spacial score (nSPS) is 12.1. The fourth-order valence-corrected chi connectivity index (χ4v) is 1.87. The van der Waals surface area contributed by atoms with E-state index < -0.39 is 4.92 Å². The third-order valence-corrected chi connectivity index (χ3v) is 2.91. The van der Waals surface area contributed by atoms with Gasteiger partial charge < -0.3 is 10.5 Å². The van der Waals surface area contributed by atoms with Gasteiger partial charge in [-0.15, -0.1) is 0 Å². The maximum absolute atomic E-state index is 10.9. The molecule has 2 aromatic rings. The van der Waals surface area contributed by atoms with Gasteiger partial charge in [0.25, 0.3) is 5.69 Å². The fourth-order valence-electron chi connectivity index (χ4n) is 1.87. The summed E-state index contributed by atoms with van der Waals surface area (Å²) < 4.78 is 7.30. The number of ether oxygens (including phenoxy) is 1. The average Bonchev–Trinajstić information content (AvgIpc) is 2.85. The Morgan fingerprint density at radius 3 is 2.86 bits per heavy atom. The van der Waals surface area contributed by atoms with Crippen LogP contribution in [-0.2, 0) is 0 Å². The van der Waals surface area contributed by atoms with Crippen molar-refractivity contribution in [1.29, 1.82) is 0 Å². The van der Waals surface area contributed by atoms with Gasteiger partial charge in [0, 0.05) is 6.07 Å². The number of aromatic nitrogens is 3. The summed E-state index contributed by atoms with van der Waals surface area (Å²) in [7, 11) is 0. The molecule has 2 rings (SSSR count). The molecule has 1 heterocycles. The topological polar surface area (TPSA) is 109 Å². The van der Waals surface area contributed by atoms with Crippen LogP contribution in [0.15, 0.2) is 24.5 Å². The van der Waals surface area contributed by atoms with Crippen molar-refractivity contribution in [1.82, 2.24) is 14.8 Å². The highest BCUT2D eigenvalue weighted by Crippen LogP contribution is 2.28.